The number of carbonyl (C=O) groups excluding carboxylic acids is 10. The first-order valence-electron chi connectivity index (χ1n) is 49.0. The zero-order chi connectivity index (χ0) is 97.7. The number of hydrogen-bond acceptors (Lipinski definition) is 10. The smallest absolute Gasteiger partial charge is 0.217 e. The van der Waals surface area contributed by atoms with Crippen LogP contribution in [0.25, 0.3) is 0 Å². The molecule has 0 aromatic rings. The summed E-state index contributed by atoms with van der Waals surface area (Å²) in [5.41, 5.74) is -0.0916. The lowest BCUT2D eigenvalue weighted by Crippen LogP contribution is -2.55. The Morgan fingerprint density at radius 3 is 0.862 bits per heavy atom. The highest BCUT2D eigenvalue weighted by Crippen LogP contribution is 2.38. The Morgan fingerprint density at radius 1 is 0.317 bits per heavy atom. The van der Waals surface area contributed by atoms with Gasteiger partial charge in [0.1, 0.15) is 0 Å². The summed E-state index contributed by atoms with van der Waals surface area (Å²) in [7, 11) is 0. The molecule has 0 saturated heterocycles. The lowest BCUT2D eigenvalue weighted by molar-refractivity contribution is -0.123. The average Bonchev–Trinajstić information content (AvgIpc) is 1.52. The summed E-state index contributed by atoms with van der Waals surface area (Å²) in [5, 5.41) is 30.4. The normalized spacial score (nSPS) is 16.7. The second-order valence-electron chi connectivity index (χ2n) is 42.4. The van der Waals surface area contributed by atoms with E-state index in [1.54, 1.807) is 69.2 Å². The van der Waals surface area contributed by atoms with E-state index in [-0.39, 0.29) is 92.3 Å². The average molecular weight is 1750 g/mol. The minimum absolute atomic E-state index is 0.00579. The van der Waals surface area contributed by atoms with Crippen molar-refractivity contribution >= 4 is 59.1 Å². The molecular weight excluding hydrogens is 1540 g/mol. The lowest BCUT2D eigenvalue weighted by Gasteiger charge is -2.43. The summed E-state index contributed by atoms with van der Waals surface area (Å²) >= 11 is 0. The van der Waals surface area contributed by atoms with E-state index in [4.69, 9.17) is 0 Å². The van der Waals surface area contributed by atoms with Crippen molar-refractivity contribution in [3.63, 3.8) is 0 Å². The highest BCUT2D eigenvalue weighted by molar-refractivity contribution is 5.77. The van der Waals surface area contributed by atoms with E-state index < -0.39 is 0 Å². The Labute approximate surface area is 760 Å². The van der Waals surface area contributed by atoms with Gasteiger partial charge in [0.2, 0.25) is 59.1 Å². The van der Waals surface area contributed by atoms with Crippen molar-refractivity contribution in [2.24, 2.45) is 94.7 Å². The summed E-state index contributed by atoms with van der Waals surface area (Å²) in [4.78, 5) is 109. The van der Waals surface area contributed by atoms with E-state index >= 15 is 0 Å². The fourth-order valence-electron chi connectivity index (χ4n) is 17.4. The highest BCUT2D eigenvalue weighted by atomic mass is 16.2. The summed E-state index contributed by atoms with van der Waals surface area (Å²) < 4.78 is 0. The molecule has 0 aromatic heterocycles. The molecule has 10 N–H and O–H groups in total. The van der Waals surface area contributed by atoms with E-state index in [0.717, 1.165) is 44.4 Å². The van der Waals surface area contributed by atoms with Gasteiger partial charge in [-0.05, 0) is 206 Å². The van der Waals surface area contributed by atoms with E-state index in [1.807, 2.05) is 13.8 Å². The van der Waals surface area contributed by atoms with Gasteiger partial charge in [-0.2, -0.15) is 0 Å². The summed E-state index contributed by atoms with van der Waals surface area (Å²) in [6.45, 7) is 88.8. The van der Waals surface area contributed by atoms with Gasteiger partial charge in [0.25, 0.3) is 0 Å². The lowest BCUT2D eigenvalue weighted by atomic mass is 9.70. The molecule has 123 heavy (non-hydrogen) atoms. The Kier molecular flexibility index (Phi) is 69.1. The Bertz CT molecular complexity index is 2810. The van der Waals surface area contributed by atoms with Gasteiger partial charge in [-0.1, -0.05) is 271 Å². The fourth-order valence-corrected chi connectivity index (χ4v) is 17.4. The second kappa shape index (κ2) is 66.1. The predicted molar refractivity (Wildman–Crippen MR) is 525 cm³/mol. The highest BCUT2D eigenvalue weighted by Gasteiger charge is 2.40. The molecule has 20 heteroatoms. The molecule has 10 amide bonds. The summed E-state index contributed by atoms with van der Waals surface area (Å²) in [5.74, 6) is 9.68. The van der Waals surface area contributed by atoms with Crippen molar-refractivity contribution in [3.8, 4) is 0 Å². The quantitative estimate of drug-likeness (QED) is 0.0324. The first-order valence-corrected chi connectivity index (χ1v) is 49.0. The first kappa shape index (κ1) is 128. The molecule has 0 radical (unpaired) electrons. The molecule has 0 spiro atoms. The van der Waals surface area contributed by atoms with Crippen molar-refractivity contribution in [2.75, 3.05) is 0 Å². The SMILES string of the molecule is CC(=O)NC(C(C)C)C(C)C.CC(=O)NC(C(C)C)C1CCCC1.CC(=O)NC(C(C)C)C1CCCCC1.CC(=O)NC(C)(C(C)C)C(C)C.CC(=O)NC(C)(C)C(C)C.CC(=O)NC(CC(C)C)C(C)C.CC(=O)NC1(C(C)C)CCCCC1.CC(=O)N[C@](C)(C(C)C)C1CCCCC1.CCC(C)(NC(C)=O)C(C)C.CCC(CC)(NC(C)=O)C(C)C. The molecule has 4 aliphatic carbocycles. The topological polar surface area (TPSA) is 291 Å². The minimum Gasteiger partial charge on any atom is -0.353 e. The fraction of sp³-hybridized carbons (Fsp3) is 0.903. The van der Waals surface area contributed by atoms with E-state index in [9.17, 15) is 47.9 Å². The molecule has 4 rings (SSSR count). The summed E-state index contributed by atoms with van der Waals surface area (Å²) in [6.07, 6.45) is 28.7. The van der Waals surface area contributed by atoms with Gasteiger partial charge in [0.15, 0.2) is 0 Å². The standard InChI is InChI=1S/C13H25NO.C12H23NO.2C11H21NO.3C10H21NO.2C9H19NO.C8H17NO/c1-10(2)13(4,14-11(3)15)12-8-6-5-7-9-12;1-9(2)12(13-10(3)14)11-7-5-4-6-8-11;1-9(2)11(12-10(3)13)7-5-4-6-8-11;1-8(2)11(12-9(3)13)10-6-4-5-7-10;1-7(2)10(6,8(3)4)11-9(5)12;1-7(2)6-10(8(3)4)11-9(5)12;1-6-10(7-2,8(3)4)11-9(5)12;1-6-9(5,7(2)3)10-8(4)11;1-6(2)9(7(3)4)10-8(5)11;1-6(2)8(4,5)9-7(3)10/h10,12H,5-9H2,1-4H3,(H,14,15);9,11-12H,4-8H2,1-3H3,(H,13,14);9H,4-8H2,1-3H3,(H,12,13);8,10-11H,4-7H2,1-3H3,(H,12,13);7-8H,1-6H3,(H,11,12);7-8,10H,6H2,1-5H3,(H,11,12);8H,6-7H2,1-5H3,(H,11,12);7H,6H2,1-5H3,(H,10,11);6-7,9H,1-5H3,(H,10,11);6H,1-5H3,(H,9,10)/t13-;;;;;;;;;/m1........./s1. The molecule has 0 bridgehead atoms. The van der Waals surface area contributed by atoms with Crippen molar-refractivity contribution in [1.29, 1.82) is 0 Å². The zero-order valence-corrected chi connectivity index (χ0v) is 88.9. The van der Waals surface area contributed by atoms with E-state index in [2.05, 4.69) is 275 Å². The van der Waals surface area contributed by atoms with Gasteiger partial charge in [0.05, 0.1) is 0 Å². The van der Waals surface area contributed by atoms with Crippen LogP contribution in [0.4, 0.5) is 0 Å². The van der Waals surface area contributed by atoms with Crippen LogP contribution in [0.3, 0.4) is 0 Å². The van der Waals surface area contributed by atoms with Crippen LogP contribution in [0.1, 0.15) is 452 Å². The van der Waals surface area contributed by atoms with Crippen LogP contribution < -0.4 is 53.2 Å². The van der Waals surface area contributed by atoms with Crippen LogP contribution in [0.15, 0.2) is 0 Å². The maximum absolute atomic E-state index is 11.3. The third kappa shape index (κ3) is 58.0. The first-order chi connectivity index (χ1) is 56.2. The maximum Gasteiger partial charge on any atom is 0.217 e. The zero-order valence-electron chi connectivity index (χ0n) is 88.9. The number of carbonyl (C=O) groups is 10. The van der Waals surface area contributed by atoms with Gasteiger partial charge in [-0.25, -0.2) is 0 Å². The Balaban J connectivity index is -0.000000310. The third-order valence-corrected chi connectivity index (χ3v) is 27.4. The van der Waals surface area contributed by atoms with Crippen LogP contribution in [0.5, 0.6) is 0 Å². The largest absolute Gasteiger partial charge is 0.353 e. The number of hydrogen-bond donors (Lipinski definition) is 10. The monoisotopic (exact) mass is 1750 g/mol. The van der Waals surface area contributed by atoms with Crippen molar-refractivity contribution in [3.05, 3.63) is 0 Å². The van der Waals surface area contributed by atoms with Gasteiger partial charge in [-0.15, -0.1) is 0 Å². The van der Waals surface area contributed by atoms with Gasteiger partial charge < -0.3 is 53.2 Å². The minimum atomic E-state index is -0.0775. The van der Waals surface area contributed by atoms with Gasteiger partial charge in [0, 0.05) is 127 Å². The predicted octanol–water partition coefficient (Wildman–Crippen LogP) is 22.7. The Hall–Kier alpha value is -5.30. The maximum atomic E-state index is 11.3. The molecule has 20 nitrogen and oxygen atoms in total. The van der Waals surface area contributed by atoms with E-state index in [1.165, 1.54) is 109 Å². The number of amides is 10. The van der Waals surface area contributed by atoms with Crippen molar-refractivity contribution in [1.82, 2.24) is 53.2 Å². The number of rotatable bonds is 30. The molecule has 4 fully saturated rings. The van der Waals surface area contributed by atoms with Crippen molar-refractivity contribution < 1.29 is 47.9 Å². The molecule has 0 aromatic carbocycles. The molecule has 4 saturated carbocycles. The molecule has 4 aliphatic rings. The molecule has 0 aliphatic heterocycles. The van der Waals surface area contributed by atoms with Gasteiger partial charge in [-0.3, -0.25) is 47.9 Å². The van der Waals surface area contributed by atoms with Gasteiger partial charge >= 0.3 is 0 Å². The summed E-state index contributed by atoms with van der Waals surface area (Å²) in [6, 6.07) is 1.45. The molecular formula is C103H208N10O10. The van der Waals surface area contributed by atoms with Crippen LogP contribution >= 0.6 is 0 Å². The second-order valence-corrected chi connectivity index (χ2v) is 42.4. The van der Waals surface area contributed by atoms with Crippen LogP contribution in [-0.4, -0.2) is 116 Å². The van der Waals surface area contributed by atoms with Crippen LogP contribution in [-0.2, 0) is 47.9 Å². The van der Waals surface area contributed by atoms with Crippen LogP contribution in [0.2, 0.25) is 0 Å². The molecule has 5 atom stereocenters. The molecule has 730 valence electrons. The molecule has 0 heterocycles. The molecule has 4 unspecified atom stereocenters. The van der Waals surface area contributed by atoms with Crippen LogP contribution in [0, 0.1) is 94.7 Å². The number of nitrogens with one attached hydrogen (secondary N) is 10. The third-order valence-electron chi connectivity index (χ3n) is 27.4. The van der Waals surface area contributed by atoms with Crippen molar-refractivity contribution in [2.45, 2.75) is 510 Å². The Morgan fingerprint density at radius 2 is 0.659 bits per heavy atom. The van der Waals surface area contributed by atoms with E-state index in [0.29, 0.717) is 113 Å².